The highest BCUT2D eigenvalue weighted by Crippen LogP contribution is 2.74. The molecule has 0 aromatic heterocycles. The predicted octanol–water partition coefficient (Wildman–Crippen LogP) is 1.91. The molecule has 6 unspecified atom stereocenters. The van der Waals surface area contributed by atoms with Crippen molar-refractivity contribution in [1.82, 2.24) is 4.90 Å². The number of rotatable bonds is 3. The van der Waals surface area contributed by atoms with Gasteiger partial charge >= 0.3 is 0 Å². The molecule has 7 rings (SSSR count). The molecular weight excluding hydrogens is 342 g/mol. The summed E-state index contributed by atoms with van der Waals surface area (Å²) in [6.07, 6.45) is 7.54. The number of piperidine rings is 1. The Morgan fingerprint density at radius 2 is 2.15 bits per heavy atom. The zero-order valence-electron chi connectivity index (χ0n) is 16.2. The highest BCUT2D eigenvalue weighted by atomic mass is 16.6. The fraction of sp³-hybridized carbons (Fsp3) is 0.636. The quantitative estimate of drug-likeness (QED) is 0.825. The molecular formula is C22H27NO4. The van der Waals surface area contributed by atoms with Crippen LogP contribution in [0, 0.1) is 11.3 Å². The third kappa shape index (κ3) is 1.47. The first-order valence-corrected chi connectivity index (χ1v) is 10.0. The molecule has 1 saturated carbocycles. The number of ether oxygens (including phenoxy) is 3. The van der Waals surface area contributed by atoms with Gasteiger partial charge in [-0.25, -0.2) is 0 Å². The molecule has 1 aromatic carbocycles. The smallest absolute Gasteiger partial charge is 0.166 e. The van der Waals surface area contributed by atoms with Crippen molar-refractivity contribution in [2.24, 2.45) is 11.3 Å². The van der Waals surface area contributed by atoms with Gasteiger partial charge in [-0.05, 0) is 44.5 Å². The van der Waals surface area contributed by atoms with Crippen molar-refractivity contribution in [3.05, 3.63) is 35.4 Å². The molecule has 5 heteroatoms. The third-order valence-corrected chi connectivity index (χ3v) is 8.63. The summed E-state index contributed by atoms with van der Waals surface area (Å²) in [5, 5.41) is 10.3. The van der Waals surface area contributed by atoms with E-state index in [1.54, 1.807) is 14.2 Å². The fourth-order valence-corrected chi connectivity index (χ4v) is 7.56. The molecule has 6 atom stereocenters. The van der Waals surface area contributed by atoms with Crippen molar-refractivity contribution in [3.8, 4) is 11.5 Å². The Hall–Kier alpha value is -1.56. The van der Waals surface area contributed by atoms with Crippen LogP contribution < -0.4 is 9.47 Å². The molecule has 1 aromatic rings. The number of hydrogen-bond acceptors (Lipinski definition) is 5. The number of methoxy groups -OCH3 is 2. The molecule has 2 fully saturated rings. The van der Waals surface area contributed by atoms with Crippen LogP contribution in [0.5, 0.6) is 11.5 Å². The van der Waals surface area contributed by atoms with E-state index in [-0.39, 0.29) is 29.5 Å². The van der Waals surface area contributed by atoms with Gasteiger partial charge in [0, 0.05) is 36.7 Å². The number of benzene rings is 1. The summed E-state index contributed by atoms with van der Waals surface area (Å²) in [6, 6.07) is 4.71. The van der Waals surface area contributed by atoms with E-state index in [9.17, 15) is 5.11 Å². The van der Waals surface area contributed by atoms with Crippen molar-refractivity contribution in [3.63, 3.8) is 0 Å². The Morgan fingerprint density at radius 1 is 1.30 bits per heavy atom. The van der Waals surface area contributed by atoms with Crippen LogP contribution in [-0.4, -0.2) is 62.2 Å². The van der Waals surface area contributed by atoms with Crippen LogP contribution in [0.1, 0.15) is 24.0 Å². The second-order valence-electron chi connectivity index (χ2n) is 9.07. The molecule has 0 amide bonds. The lowest BCUT2D eigenvalue weighted by atomic mass is 9.37. The van der Waals surface area contributed by atoms with Gasteiger partial charge in [0.05, 0.1) is 12.5 Å². The number of hydrogen-bond donors (Lipinski definition) is 1. The first-order chi connectivity index (χ1) is 13.1. The average molecular weight is 369 g/mol. The number of aliphatic hydroxyl groups is 1. The predicted molar refractivity (Wildman–Crippen MR) is 100 cm³/mol. The van der Waals surface area contributed by atoms with E-state index >= 15 is 0 Å². The topological polar surface area (TPSA) is 51.2 Å². The van der Waals surface area contributed by atoms with E-state index in [0.29, 0.717) is 6.04 Å². The number of nitrogens with zero attached hydrogens (tertiary/aromatic N) is 1. The molecule has 1 saturated heterocycles. The van der Waals surface area contributed by atoms with Crippen LogP contribution in [0.25, 0.3) is 0 Å². The van der Waals surface area contributed by atoms with E-state index in [1.807, 2.05) is 6.07 Å². The Bertz CT molecular complexity index is 868. The second kappa shape index (κ2) is 4.88. The Labute approximate surface area is 159 Å². The van der Waals surface area contributed by atoms with Crippen molar-refractivity contribution in [2.75, 3.05) is 34.4 Å². The minimum absolute atomic E-state index is 0.0248. The van der Waals surface area contributed by atoms with E-state index in [2.05, 4.69) is 30.2 Å². The molecule has 2 aliphatic heterocycles. The molecule has 27 heavy (non-hydrogen) atoms. The standard InChI is InChI=1S/C22H27NO4/c1-23-9-8-21-17-13-4-5-15(25-2)18(17)27-19(21)22(26-3)7-6-20(21,16(23)10-13)11-14(22)12-24/h4-7,14,16,19,24H,8-12H2,1-3H3. The van der Waals surface area contributed by atoms with Crippen molar-refractivity contribution < 1.29 is 19.3 Å². The molecule has 1 N–H and O–H groups in total. The average Bonchev–Trinajstić information content (AvgIpc) is 3.07. The van der Waals surface area contributed by atoms with Gasteiger partial charge in [0.1, 0.15) is 11.7 Å². The summed E-state index contributed by atoms with van der Waals surface area (Å²) in [4.78, 5) is 2.53. The van der Waals surface area contributed by atoms with E-state index in [0.717, 1.165) is 37.3 Å². The normalized spacial score (nSPS) is 45.6. The highest BCUT2D eigenvalue weighted by molar-refractivity contribution is 5.65. The molecule has 144 valence electrons. The molecule has 6 aliphatic rings. The van der Waals surface area contributed by atoms with Crippen LogP contribution in [0.3, 0.4) is 0 Å². The lowest BCUT2D eigenvalue weighted by Gasteiger charge is -2.71. The Balaban J connectivity index is 1.71. The van der Waals surface area contributed by atoms with Crippen molar-refractivity contribution in [1.29, 1.82) is 0 Å². The number of fused-ring (bicyclic) bond motifs is 1. The van der Waals surface area contributed by atoms with Gasteiger partial charge in [-0.2, -0.15) is 0 Å². The SMILES string of the molecule is COc1ccc2c3c1OC1C4(OC)C=CC5(CC4CO)C(C2)N(C)CCC315. The zero-order chi connectivity index (χ0) is 18.6. The van der Waals surface area contributed by atoms with Gasteiger partial charge in [0.15, 0.2) is 11.5 Å². The van der Waals surface area contributed by atoms with Crippen LogP contribution >= 0.6 is 0 Å². The van der Waals surface area contributed by atoms with Gasteiger partial charge in [-0.3, -0.25) is 0 Å². The fourth-order valence-electron chi connectivity index (χ4n) is 7.56. The van der Waals surface area contributed by atoms with Gasteiger partial charge in [-0.15, -0.1) is 0 Å². The number of likely N-dealkylation sites (tertiary alicyclic amines) is 1. The van der Waals surface area contributed by atoms with Gasteiger partial charge < -0.3 is 24.2 Å². The maximum Gasteiger partial charge on any atom is 0.166 e. The largest absolute Gasteiger partial charge is 0.493 e. The Morgan fingerprint density at radius 3 is 2.89 bits per heavy atom. The molecule has 0 radical (unpaired) electrons. The highest BCUT2D eigenvalue weighted by Gasteiger charge is 2.78. The Kier molecular flexibility index (Phi) is 2.97. The molecule has 4 bridgehead atoms. The summed E-state index contributed by atoms with van der Waals surface area (Å²) in [6.45, 7) is 1.17. The monoisotopic (exact) mass is 369 g/mol. The van der Waals surface area contributed by atoms with Crippen LogP contribution in [0.15, 0.2) is 24.3 Å². The van der Waals surface area contributed by atoms with Crippen molar-refractivity contribution >= 4 is 0 Å². The number of likely N-dealkylation sites (N-methyl/N-ethyl adjacent to an activating group) is 1. The second-order valence-corrected chi connectivity index (χ2v) is 9.07. The summed E-state index contributed by atoms with van der Waals surface area (Å²) in [5.41, 5.74) is 2.04. The minimum Gasteiger partial charge on any atom is -0.493 e. The van der Waals surface area contributed by atoms with Crippen LogP contribution in [-0.2, 0) is 16.6 Å². The summed E-state index contributed by atoms with van der Waals surface area (Å²) in [5.74, 6) is 1.77. The van der Waals surface area contributed by atoms with Crippen LogP contribution in [0.2, 0.25) is 0 Å². The lowest BCUT2D eigenvalue weighted by Crippen LogP contribution is -2.79. The molecule has 2 spiro atoms. The maximum absolute atomic E-state index is 10.3. The van der Waals surface area contributed by atoms with Crippen LogP contribution in [0.4, 0.5) is 0 Å². The van der Waals surface area contributed by atoms with E-state index in [1.165, 1.54) is 11.1 Å². The molecule has 2 heterocycles. The lowest BCUT2D eigenvalue weighted by molar-refractivity contribution is -0.219. The van der Waals surface area contributed by atoms with Gasteiger partial charge in [-0.1, -0.05) is 18.2 Å². The first-order valence-electron chi connectivity index (χ1n) is 10.0. The van der Waals surface area contributed by atoms with Gasteiger partial charge in [0.25, 0.3) is 0 Å². The molecule has 4 aliphatic carbocycles. The minimum atomic E-state index is -0.588. The maximum atomic E-state index is 10.3. The summed E-state index contributed by atoms with van der Waals surface area (Å²) in [7, 11) is 5.73. The van der Waals surface area contributed by atoms with Gasteiger partial charge in [0.2, 0.25) is 0 Å². The first kappa shape index (κ1) is 16.4. The third-order valence-electron chi connectivity index (χ3n) is 8.63. The number of aliphatic hydroxyl groups excluding tert-OH is 1. The van der Waals surface area contributed by atoms with E-state index in [4.69, 9.17) is 14.2 Å². The zero-order valence-corrected chi connectivity index (χ0v) is 16.2. The molecule has 5 nitrogen and oxygen atoms in total. The summed E-state index contributed by atoms with van der Waals surface area (Å²) >= 11 is 0. The van der Waals surface area contributed by atoms with Crippen molar-refractivity contribution in [2.45, 2.75) is 42.4 Å². The summed E-state index contributed by atoms with van der Waals surface area (Å²) < 4.78 is 18.6. The van der Waals surface area contributed by atoms with E-state index < -0.39 is 5.60 Å².